The van der Waals surface area contributed by atoms with Crippen LogP contribution in [0.5, 0.6) is 5.75 Å². The summed E-state index contributed by atoms with van der Waals surface area (Å²) in [5, 5.41) is 3.54. The Morgan fingerprint density at radius 1 is 0.947 bits per heavy atom. The third kappa shape index (κ3) is 7.15. The van der Waals surface area contributed by atoms with Crippen molar-refractivity contribution < 1.29 is 19.1 Å². The second-order valence-electron chi connectivity index (χ2n) is 7.78. The lowest BCUT2D eigenvalue weighted by Crippen LogP contribution is -2.36. The minimum atomic E-state index is -0.561. The number of anilines is 1. The average Bonchev–Trinajstić information content (AvgIpc) is 3.09. The third-order valence-corrected chi connectivity index (χ3v) is 8.99. The lowest BCUT2D eigenvalue weighted by Gasteiger charge is -2.13. The Kier molecular flexibility index (Phi) is 9.89. The summed E-state index contributed by atoms with van der Waals surface area (Å²) >= 11 is 29.2. The molecule has 3 aromatic carbocycles. The highest BCUT2D eigenvalue weighted by molar-refractivity contribution is 9.11. The number of carbonyl (C=O) groups excluding carboxylic acids is 3. The maximum absolute atomic E-state index is 12.9. The zero-order valence-electron chi connectivity index (χ0n) is 18.9. The summed E-state index contributed by atoms with van der Waals surface area (Å²) < 4.78 is 7.85. The highest BCUT2D eigenvalue weighted by Gasteiger charge is 2.36. The quantitative estimate of drug-likeness (QED) is 0.242. The van der Waals surface area contributed by atoms with Crippen LogP contribution in [0, 0.1) is 0 Å². The van der Waals surface area contributed by atoms with Gasteiger partial charge in [0.25, 0.3) is 11.1 Å². The van der Waals surface area contributed by atoms with Crippen molar-refractivity contribution in [1.82, 2.24) is 4.90 Å². The first-order valence-corrected chi connectivity index (χ1v) is 14.9. The zero-order chi connectivity index (χ0) is 27.6. The molecule has 1 saturated heterocycles. The Bertz CT molecular complexity index is 1480. The van der Waals surface area contributed by atoms with Crippen LogP contribution in [0.1, 0.15) is 11.1 Å². The molecule has 3 aromatic rings. The van der Waals surface area contributed by atoms with Crippen LogP contribution in [-0.4, -0.2) is 28.5 Å². The number of hydrogen-bond donors (Lipinski definition) is 1. The summed E-state index contributed by atoms with van der Waals surface area (Å²) in [7, 11) is 0. The molecule has 1 fully saturated rings. The van der Waals surface area contributed by atoms with Crippen LogP contribution in [0.25, 0.3) is 6.08 Å². The number of halogens is 6. The minimum Gasteiger partial charge on any atom is -0.486 e. The molecule has 1 aliphatic rings. The van der Waals surface area contributed by atoms with Gasteiger partial charge >= 0.3 is 0 Å². The molecule has 13 heteroatoms. The van der Waals surface area contributed by atoms with Gasteiger partial charge < -0.3 is 10.1 Å². The molecule has 0 radical (unpaired) electrons. The van der Waals surface area contributed by atoms with Crippen molar-refractivity contribution in [3.05, 3.63) is 93.0 Å². The smallest absolute Gasteiger partial charge is 0.294 e. The molecule has 0 atom stereocenters. The first kappa shape index (κ1) is 29.5. The molecule has 38 heavy (non-hydrogen) atoms. The van der Waals surface area contributed by atoms with E-state index >= 15 is 0 Å². The predicted molar refractivity (Wildman–Crippen MR) is 163 cm³/mol. The Morgan fingerprint density at radius 2 is 1.66 bits per heavy atom. The van der Waals surface area contributed by atoms with Crippen LogP contribution in [-0.2, 0) is 16.2 Å². The van der Waals surface area contributed by atoms with E-state index in [0.29, 0.717) is 45.5 Å². The average molecular weight is 785 g/mol. The number of amides is 3. The van der Waals surface area contributed by atoms with Crippen molar-refractivity contribution in [2.45, 2.75) is 6.61 Å². The molecule has 3 amide bonds. The van der Waals surface area contributed by atoms with Gasteiger partial charge in [0, 0.05) is 25.8 Å². The highest BCUT2D eigenvalue weighted by Crippen LogP contribution is 2.38. The molecule has 1 aliphatic heterocycles. The van der Waals surface area contributed by atoms with Crippen LogP contribution in [0.4, 0.5) is 10.5 Å². The van der Waals surface area contributed by atoms with Gasteiger partial charge in [-0.25, -0.2) is 0 Å². The van der Waals surface area contributed by atoms with E-state index in [2.05, 4.69) is 53.1 Å². The second kappa shape index (κ2) is 12.8. The van der Waals surface area contributed by atoms with E-state index < -0.39 is 23.6 Å². The van der Waals surface area contributed by atoms with Gasteiger partial charge in [-0.15, -0.1) is 0 Å². The van der Waals surface area contributed by atoms with Gasteiger partial charge in [-0.2, -0.15) is 0 Å². The van der Waals surface area contributed by atoms with E-state index in [1.54, 1.807) is 54.6 Å². The number of ether oxygens (including phenoxy) is 1. The lowest BCUT2D eigenvalue weighted by molar-refractivity contribution is -0.127. The van der Waals surface area contributed by atoms with Crippen molar-refractivity contribution in [2.75, 3.05) is 11.9 Å². The Balaban J connectivity index is 1.44. The number of nitrogens with zero attached hydrogens (tertiary/aromatic N) is 1. The monoisotopic (exact) mass is 780 g/mol. The molecule has 1 heterocycles. The number of carbonyl (C=O) groups is 3. The molecule has 196 valence electrons. The van der Waals surface area contributed by atoms with Crippen LogP contribution < -0.4 is 10.1 Å². The number of hydrogen-bond acceptors (Lipinski definition) is 5. The lowest BCUT2D eigenvalue weighted by atomic mass is 10.2. The first-order valence-electron chi connectivity index (χ1n) is 10.6. The first-order chi connectivity index (χ1) is 18.0. The number of thioether (sulfide) groups is 1. The van der Waals surface area contributed by atoms with Crippen molar-refractivity contribution in [1.29, 1.82) is 0 Å². The molecule has 0 aromatic heterocycles. The van der Waals surface area contributed by atoms with E-state index in [1.807, 2.05) is 0 Å². The number of imide groups is 1. The molecular weight excluding hydrogens is 770 g/mol. The molecule has 0 saturated carbocycles. The summed E-state index contributed by atoms with van der Waals surface area (Å²) in [6, 6.07) is 13.5. The van der Waals surface area contributed by atoms with Crippen LogP contribution in [0.15, 0.2) is 66.9 Å². The summed E-state index contributed by atoms with van der Waals surface area (Å²) in [6.45, 7) is -0.219. The third-order valence-electron chi connectivity index (χ3n) is 5.08. The largest absolute Gasteiger partial charge is 0.486 e. The Labute approximate surface area is 262 Å². The second-order valence-corrected chi connectivity index (χ2v) is 12.6. The van der Waals surface area contributed by atoms with E-state index in [4.69, 9.17) is 39.5 Å². The predicted octanol–water partition coefficient (Wildman–Crippen LogP) is 9.19. The number of rotatable bonds is 7. The molecular formula is C25H14Br3Cl3N2O4S. The van der Waals surface area contributed by atoms with E-state index in [0.717, 1.165) is 22.2 Å². The normalized spacial score (nSPS) is 14.4. The van der Waals surface area contributed by atoms with E-state index in [-0.39, 0.29) is 11.5 Å². The van der Waals surface area contributed by atoms with Crippen molar-refractivity contribution >= 4 is 123 Å². The Morgan fingerprint density at radius 3 is 2.32 bits per heavy atom. The molecule has 6 nitrogen and oxygen atoms in total. The molecule has 0 unspecified atom stereocenters. The summed E-state index contributed by atoms with van der Waals surface area (Å²) in [5.41, 5.74) is 1.85. The van der Waals surface area contributed by atoms with Crippen LogP contribution in [0.2, 0.25) is 15.1 Å². The fraction of sp³-hybridized carbons (Fsp3) is 0.0800. The fourth-order valence-corrected chi connectivity index (χ4v) is 6.47. The Hall–Kier alpha value is -1.53. The molecule has 0 spiro atoms. The SMILES string of the molecule is O=C(CN1C(=O)S/C(=C/c2cc(Br)c(OCc3ccc(Cl)cc3Cl)c(Br)c2)C1=O)Nc1ccc(Br)c(Cl)c1. The van der Waals surface area contributed by atoms with E-state index in [9.17, 15) is 14.4 Å². The minimum absolute atomic E-state index is 0.190. The van der Waals surface area contributed by atoms with Crippen molar-refractivity contribution in [2.24, 2.45) is 0 Å². The molecule has 4 rings (SSSR count). The standard InChI is InChI=1S/C25H14Br3Cl3N2O4S/c26-16-4-3-15(9-20(16)31)32-22(34)10-33-24(35)21(38-25(33)36)7-12-5-17(27)23(18(28)6-12)37-11-13-1-2-14(29)8-19(13)30/h1-9H,10-11H2,(H,32,34)/b21-7+. The van der Waals surface area contributed by atoms with Crippen LogP contribution in [0.3, 0.4) is 0 Å². The molecule has 1 N–H and O–H groups in total. The van der Waals surface area contributed by atoms with Crippen LogP contribution >= 0.6 is 94.4 Å². The van der Waals surface area contributed by atoms with Crippen molar-refractivity contribution in [3.63, 3.8) is 0 Å². The summed E-state index contributed by atoms with van der Waals surface area (Å²) in [5.74, 6) is -0.556. The van der Waals surface area contributed by atoms with Gasteiger partial charge in [-0.3, -0.25) is 19.3 Å². The van der Waals surface area contributed by atoms with Gasteiger partial charge in [-0.1, -0.05) is 40.9 Å². The zero-order valence-corrected chi connectivity index (χ0v) is 26.7. The fourth-order valence-electron chi connectivity index (χ4n) is 3.30. The number of benzene rings is 3. The van der Waals surface area contributed by atoms with E-state index in [1.165, 1.54) is 0 Å². The maximum atomic E-state index is 12.9. The molecule has 0 aliphatic carbocycles. The number of nitrogens with one attached hydrogen (secondary N) is 1. The van der Waals surface area contributed by atoms with Gasteiger partial charge in [-0.05, 0) is 114 Å². The maximum Gasteiger partial charge on any atom is 0.294 e. The highest BCUT2D eigenvalue weighted by atomic mass is 79.9. The van der Waals surface area contributed by atoms with Gasteiger partial charge in [0.1, 0.15) is 18.9 Å². The summed E-state index contributed by atoms with van der Waals surface area (Å²) in [6.07, 6.45) is 1.58. The van der Waals surface area contributed by atoms with Crippen molar-refractivity contribution in [3.8, 4) is 5.75 Å². The van der Waals surface area contributed by atoms with Gasteiger partial charge in [0.15, 0.2) is 0 Å². The van der Waals surface area contributed by atoms with Gasteiger partial charge in [0.2, 0.25) is 5.91 Å². The van der Waals surface area contributed by atoms with Gasteiger partial charge in [0.05, 0.1) is 18.9 Å². The molecule has 0 bridgehead atoms. The topological polar surface area (TPSA) is 75.7 Å². The summed E-state index contributed by atoms with van der Waals surface area (Å²) in [4.78, 5) is 38.9.